The van der Waals surface area contributed by atoms with E-state index in [9.17, 15) is 14.3 Å². The largest absolute Gasteiger partial charge is 0.493 e. The van der Waals surface area contributed by atoms with Gasteiger partial charge in [0.15, 0.2) is 11.5 Å². The van der Waals surface area contributed by atoms with Crippen molar-refractivity contribution in [3.63, 3.8) is 0 Å². The number of rotatable bonds is 2. The number of amides is 1. The van der Waals surface area contributed by atoms with E-state index >= 15 is 0 Å². The van der Waals surface area contributed by atoms with Gasteiger partial charge in [0.05, 0.1) is 20.3 Å². The Bertz CT molecular complexity index is 867. The number of halogens is 1. The van der Waals surface area contributed by atoms with Gasteiger partial charge >= 0.3 is 0 Å². The Morgan fingerprint density at radius 3 is 2.56 bits per heavy atom. The molecule has 2 heterocycles. The quantitative estimate of drug-likeness (QED) is 0.911. The Morgan fingerprint density at radius 1 is 1.12 bits per heavy atom. The number of methoxy groups -OCH3 is 2. The van der Waals surface area contributed by atoms with Gasteiger partial charge in [0.25, 0.3) is 5.91 Å². The number of fused-ring (bicyclic) bond motifs is 4. The molecule has 2 aromatic rings. The van der Waals surface area contributed by atoms with E-state index in [0.29, 0.717) is 30.0 Å². The van der Waals surface area contributed by atoms with Gasteiger partial charge in [-0.1, -0.05) is 6.07 Å². The zero-order chi connectivity index (χ0) is 17.7. The second kappa shape index (κ2) is 5.74. The molecule has 2 aliphatic rings. The molecule has 2 atom stereocenters. The molecule has 0 spiro atoms. The van der Waals surface area contributed by atoms with Crippen LogP contribution >= 0.6 is 0 Å². The molecular weight excluding hydrogens is 325 g/mol. The number of benzene rings is 2. The molecule has 25 heavy (non-hydrogen) atoms. The van der Waals surface area contributed by atoms with Gasteiger partial charge < -0.3 is 19.5 Å². The van der Waals surface area contributed by atoms with Crippen molar-refractivity contribution in [1.82, 2.24) is 4.90 Å². The molecule has 130 valence electrons. The fourth-order valence-electron chi connectivity index (χ4n) is 3.84. The average molecular weight is 343 g/mol. The molecule has 0 fully saturated rings. The first-order chi connectivity index (χ1) is 12.0. The highest BCUT2D eigenvalue weighted by Gasteiger charge is 2.43. The van der Waals surface area contributed by atoms with Crippen LogP contribution in [0.2, 0.25) is 0 Å². The molecule has 2 aliphatic heterocycles. The Hall–Kier alpha value is -2.60. The zero-order valence-electron chi connectivity index (χ0n) is 14.0. The van der Waals surface area contributed by atoms with Crippen molar-refractivity contribution in [2.24, 2.45) is 0 Å². The predicted octanol–water partition coefficient (Wildman–Crippen LogP) is 2.63. The van der Waals surface area contributed by atoms with Crippen molar-refractivity contribution in [1.29, 1.82) is 0 Å². The van der Waals surface area contributed by atoms with Crippen LogP contribution in [-0.4, -0.2) is 36.7 Å². The van der Waals surface area contributed by atoms with Crippen LogP contribution in [0.3, 0.4) is 0 Å². The van der Waals surface area contributed by atoms with Crippen molar-refractivity contribution >= 4 is 5.91 Å². The first-order valence-electron chi connectivity index (χ1n) is 8.08. The Balaban J connectivity index is 1.87. The lowest BCUT2D eigenvalue weighted by molar-refractivity contribution is 0.0212. The maximum absolute atomic E-state index is 13.6. The van der Waals surface area contributed by atoms with Gasteiger partial charge in [0.1, 0.15) is 11.9 Å². The van der Waals surface area contributed by atoms with Crippen molar-refractivity contribution in [2.75, 3.05) is 20.8 Å². The zero-order valence-corrected chi connectivity index (χ0v) is 14.0. The summed E-state index contributed by atoms with van der Waals surface area (Å²) < 4.78 is 24.3. The summed E-state index contributed by atoms with van der Waals surface area (Å²) in [6, 6.07) is 7.14. The molecule has 1 amide bonds. The Morgan fingerprint density at radius 2 is 1.84 bits per heavy atom. The first-order valence-corrected chi connectivity index (χ1v) is 8.08. The van der Waals surface area contributed by atoms with Gasteiger partial charge in [-0.3, -0.25) is 4.79 Å². The van der Waals surface area contributed by atoms with E-state index in [0.717, 1.165) is 11.1 Å². The van der Waals surface area contributed by atoms with Gasteiger partial charge in [-0.25, -0.2) is 4.39 Å². The van der Waals surface area contributed by atoms with Gasteiger partial charge in [0, 0.05) is 12.1 Å². The summed E-state index contributed by atoms with van der Waals surface area (Å²) in [7, 11) is 3.12. The van der Waals surface area contributed by atoms with E-state index in [1.54, 1.807) is 19.1 Å². The minimum Gasteiger partial charge on any atom is -0.493 e. The topological polar surface area (TPSA) is 59.0 Å². The molecule has 2 aromatic carbocycles. The van der Waals surface area contributed by atoms with E-state index in [4.69, 9.17) is 9.47 Å². The van der Waals surface area contributed by atoms with Crippen LogP contribution in [-0.2, 0) is 6.42 Å². The van der Waals surface area contributed by atoms with Gasteiger partial charge in [-0.15, -0.1) is 0 Å². The van der Waals surface area contributed by atoms with Crippen molar-refractivity contribution in [3.8, 4) is 11.5 Å². The summed E-state index contributed by atoms with van der Waals surface area (Å²) in [5.74, 6) is 0.424. The molecule has 6 heteroatoms. The molecule has 0 radical (unpaired) electrons. The van der Waals surface area contributed by atoms with E-state index in [1.807, 2.05) is 12.1 Å². The van der Waals surface area contributed by atoms with Crippen LogP contribution < -0.4 is 9.47 Å². The highest BCUT2D eigenvalue weighted by molar-refractivity contribution is 5.97. The fourth-order valence-corrected chi connectivity index (χ4v) is 3.84. The number of hydrogen-bond donors (Lipinski definition) is 1. The third kappa shape index (κ3) is 2.28. The predicted molar refractivity (Wildman–Crippen MR) is 88.4 cm³/mol. The summed E-state index contributed by atoms with van der Waals surface area (Å²) in [6.45, 7) is 0.457. The number of nitrogens with zero attached hydrogens (tertiary/aromatic N) is 1. The minimum atomic E-state index is -0.926. The lowest BCUT2D eigenvalue weighted by Gasteiger charge is -2.44. The van der Waals surface area contributed by atoms with Crippen LogP contribution in [0, 0.1) is 5.82 Å². The smallest absolute Gasteiger partial charge is 0.254 e. The van der Waals surface area contributed by atoms with Gasteiger partial charge in [-0.05, 0) is 47.4 Å². The number of hydrogen-bond acceptors (Lipinski definition) is 4. The standard InChI is InChI=1S/C19H18FNO4/c1-24-15-7-10-5-6-21-17(13(10)9-16(15)25-2)18(22)12-4-3-11(20)8-14(12)19(21)23/h3-4,7-9,17-18,22H,5-6H2,1-2H3/t17-,18+/m0/s1. The van der Waals surface area contributed by atoms with Crippen LogP contribution in [0.15, 0.2) is 30.3 Å². The molecular formula is C19H18FNO4. The Kier molecular flexibility index (Phi) is 3.65. The van der Waals surface area contributed by atoms with Crippen molar-refractivity contribution in [3.05, 3.63) is 58.4 Å². The molecule has 4 rings (SSSR count). The summed E-state index contributed by atoms with van der Waals surface area (Å²) >= 11 is 0. The number of aliphatic hydroxyl groups excluding tert-OH is 1. The van der Waals surface area contributed by atoms with Crippen LogP contribution in [0.5, 0.6) is 11.5 Å². The highest BCUT2D eigenvalue weighted by atomic mass is 19.1. The summed E-state index contributed by atoms with van der Waals surface area (Å²) in [4.78, 5) is 14.4. The van der Waals surface area contributed by atoms with E-state index in [-0.39, 0.29) is 11.5 Å². The Labute approximate surface area is 144 Å². The van der Waals surface area contributed by atoms with Gasteiger partial charge in [-0.2, -0.15) is 0 Å². The SMILES string of the molecule is COc1cc2c(cc1OC)[C@H]1[C@H](O)c3ccc(F)cc3C(=O)N1CC2. The lowest BCUT2D eigenvalue weighted by atomic mass is 9.81. The van der Waals surface area contributed by atoms with Crippen molar-refractivity contribution < 1.29 is 23.8 Å². The second-order valence-electron chi connectivity index (χ2n) is 6.28. The maximum atomic E-state index is 13.6. The van der Waals surface area contributed by atoms with Gasteiger partial charge in [0.2, 0.25) is 0 Å². The number of aliphatic hydroxyl groups is 1. The summed E-state index contributed by atoms with van der Waals surface area (Å²) in [6.07, 6.45) is -0.291. The lowest BCUT2D eigenvalue weighted by Crippen LogP contribution is -2.46. The molecule has 0 saturated heterocycles. The minimum absolute atomic E-state index is 0.229. The average Bonchev–Trinajstić information content (AvgIpc) is 2.63. The van der Waals surface area contributed by atoms with Crippen molar-refractivity contribution in [2.45, 2.75) is 18.6 Å². The second-order valence-corrected chi connectivity index (χ2v) is 6.28. The number of carbonyl (C=O) groups excluding carboxylic acids is 1. The number of carbonyl (C=O) groups is 1. The van der Waals surface area contributed by atoms with Crippen LogP contribution in [0.4, 0.5) is 4.39 Å². The third-order valence-corrected chi connectivity index (χ3v) is 5.05. The normalized spacial score (nSPS) is 21.3. The highest BCUT2D eigenvalue weighted by Crippen LogP contribution is 2.47. The monoisotopic (exact) mass is 343 g/mol. The molecule has 0 bridgehead atoms. The molecule has 5 nitrogen and oxygen atoms in total. The summed E-state index contributed by atoms with van der Waals surface area (Å²) in [5.41, 5.74) is 2.53. The third-order valence-electron chi connectivity index (χ3n) is 5.05. The summed E-state index contributed by atoms with van der Waals surface area (Å²) in [5, 5.41) is 10.9. The molecule has 1 N–H and O–H groups in total. The molecule has 0 aliphatic carbocycles. The van der Waals surface area contributed by atoms with E-state index in [1.165, 1.54) is 18.2 Å². The van der Waals surface area contributed by atoms with Crippen LogP contribution in [0.1, 0.15) is 39.2 Å². The van der Waals surface area contributed by atoms with E-state index < -0.39 is 18.0 Å². The maximum Gasteiger partial charge on any atom is 0.254 e. The number of ether oxygens (including phenoxy) is 2. The molecule has 0 aromatic heterocycles. The molecule has 0 unspecified atom stereocenters. The first kappa shape index (κ1) is 15.9. The van der Waals surface area contributed by atoms with E-state index in [2.05, 4.69) is 0 Å². The fraction of sp³-hybridized carbons (Fsp3) is 0.316. The van der Waals surface area contributed by atoms with Crippen LogP contribution in [0.25, 0.3) is 0 Å². The molecule has 0 saturated carbocycles.